The van der Waals surface area contributed by atoms with Crippen LogP contribution in [-0.2, 0) is 16.0 Å². The molecular weight excluding hydrogens is 362 g/mol. The number of ether oxygens (including phenoxy) is 1. The average molecular weight is 389 g/mol. The van der Waals surface area contributed by atoms with Gasteiger partial charge in [-0.3, -0.25) is 9.89 Å². The van der Waals surface area contributed by atoms with Gasteiger partial charge < -0.3 is 19.9 Å². The minimum absolute atomic E-state index is 0.102. The molecule has 3 rings (SSSR count). The van der Waals surface area contributed by atoms with Gasteiger partial charge in [0.15, 0.2) is 5.82 Å². The third kappa shape index (κ3) is 5.34. The zero-order valence-corrected chi connectivity index (χ0v) is 16.4. The molecule has 2 aromatic heterocycles. The molecule has 9 nitrogen and oxygen atoms in total. The zero-order chi connectivity index (χ0) is 20.1. The lowest BCUT2D eigenvalue weighted by Gasteiger charge is -2.16. The van der Waals surface area contributed by atoms with Crippen LogP contribution >= 0.6 is 0 Å². The van der Waals surface area contributed by atoms with Crippen LogP contribution in [0.25, 0.3) is 0 Å². The molecule has 0 radical (unpaired) electrons. The van der Waals surface area contributed by atoms with Crippen LogP contribution < -0.4 is 10.6 Å². The summed E-state index contributed by atoms with van der Waals surface area (Å²) in [5, 5.41) is 16.5. The molecular formula is C19H27N5O4. The molecule has 3 N–H and O–H groups in total. The largest absolute Gasteiger partial charge is 0.446 e. The molecule has 3 atom stereocenters. The van der Waals surface area contributed by atoms with Crippen LogP contribution in [0.4, 0.5) is 10.6 Å². The van der Waals surface area contributed by atoms with Crippen molar-refractivity contribution in [2.75, 3.05) is 5.32 Å². The van der Waals surface area contributed by atoms with Crippen molar-refractivity contribution in [3.05, 3.63) is 29.3 Å². The van der Waals surface area contributed by atoms with Crippen LogP contribution in [0.15, 0.2) is 16.7 Å². The van der Waals surface area contributed by atoms with Crippen molar-refractivity contribution in [2.45, 2.75) is 70.9 Å². The van der Waals surface area contributed by atoms with E-state index in [1.54, 1.807) is 13.0 Å². The van der Waals surface area contributed by atoms with E-state index in [1.165, 1.54) is 0 Å². The van der Waals surface area contributed by atoms with E-state index in [4.69, 9.17) is 9.26 Å². The molecule has 0 aliphatic heterocycles. The van der Waals surface area contributed by atoms with E-state index >= 15 is 0 Å². The Morgan fingerprint density at radius 2 is 2.21 bits per heavy atom. The number of nitrogens with one attached hydrogen (secondary N) is 3. The van der Waals surface area contributed by atoms with Gasteiger partial charge in [-0.15, -0.1) is 0 Å². The topological polar surface area (TPSA) is 122 Å². The van der Waals surface area contributed by atoms with Gasteiger partial charge in [-0.2, -0.15) is 5.10 Å². The Morgan fingerprint density at radius 3 is 2.93 bits per heavy atom. The standard InChI is InChI=1S/C19H27N5O4/c1-4-11(2)20-19(26)27-15-6-5-13(8-15)16-10-17(23-22-16)21-18(25)9-14-7-12(3)28-24-14/h7,10-11,13,15H,4-6,8-9H2,1-3H3,(H,20,26)(H2,21,22,23,25)/t11-,13-,15+/m0/s1. The van der Waals surface area contributed by atoms with Crippen LogP contribution in [0.5, 0.6) is 0 Å². The fraction of sp³-hybridized carbons (Fsp3) is 0.579. The first kappa shape index (κ1) is 19.9. The first-order valence-electron chi connectivity index (χ1n) is 9.67. The lowest BCUT2D eigenvalue weighted by molar-refractivity contribution is -0.115. The summed E-state index contributed by atoms with van der Waals surface area (Å²) in [6.07, 6.45) is 2.97. The van der Waals surface area contributed by atoms with E-state index in [-0.39, 0.29) is 36.5 Å². The maximum atomic E-state index is 12.1. The van der Waals surface area contributed by atoms with Gasteiger partial charge in [0.05, 0.1) is 12.1 Å². The number of aryl methyl sites for hydroxylation is 1. The van der Waals surface area contributed by atoms with Gasteiger partial charge in [-0.25, -0.2) is 4.79 Å². The third-order valence-corrected chi connectivity index (χ3v) is 4.96. The minimum atomic E-state index is -0.361. The summed E-state index contributed by atoms with van der Waals surface area (Å²) in [6, 6.07) is 3.66. The molecule has 1 saturated carbocycles. The maximum absolute atomic E-state index is 12.1. The zero-order valence-electron chi connectivity index (χ0n) is 16.4. The van der Waals surface area contributed by atoms with Crippen molar-refractivity contribution in [2.24, 2.45) is 0 Å². The van der Waals surface area contributed by atoms with Crippen LogP contribution in [0.2, 0.25) is 0 Å². The number of hydrogen-bond acceptors (Lipinski definition) is 6. The second kappa shape index (κ2) is 8.90. The summed E-state index contributed by atoms with van der Waals surface area (Å²) in [5.74, 6) is 1.15. The normalized spacial score (nSPS) is 20.0. The summed E-state index contributed by atoms with van der Waals surface area (Å²) in [6.45, 7) is 5.74. The predicted molar refractivity (Wildman–Crippen MR) is 102 cm³/mol. The highest BCUT2D eigenvalue weighted by molar-refractivity contribution is 5.91. The highest BCUT2D eigenvalue weighted by Crippen LogP contribution is 2.35. The number of hydrogen-bond donors (Lipinski definition) is 3. The number of alkyl carbamates (subject to hydrolysis) is 1. The Bertz CT molecular complexity index is 815. The van der Waals surface area contributed by atoms with Crippen LogP contribution in [0.3, 0.4) is 0 Å². The number of nitrogens with zero attached hydrogens (tertiary/aromatic N) is 2. The van der Waals surface area contributed by atoms with Gasteiger partial charge in [-0.05, 0) is 39.5 Å². The molecule has 2 aromatic rings. The molecule has 9 heteroatoms. The average Bonchev–Trinajstić information content (AvgIpc) is 3.36. The van der Waals surface area contributed by atoms with E-state index in [2.05, 4.69) is 26.0 Å². The number of rotatable bonds is 7. The molecule has 2 heterocycles. The van der Waals surface area contributed by atoms with Gasteiger partial charge in [0.1, 0.15) is 11.9 Å². The monoisotopic (exact) mass is 389 g/mol. The lowest BCUT2D eigenvalue weighted by atomic mass is 10.0. The number of aromatic amines is 1. The van der Waals surface area contributed by atoms with Crippen molar-refractivity contribution in [1.82, 2.24) is 20.7 Å². The van der Waals surface area contributed by atoms with Crippen molar-refractivity contribution < 1.29 is 18.8 Å². The fourth-order valence-corrected chi connectivity index (χ4v) is 3.28. The number of aromatic nitrogens is 3. The van der Waals surface area contributed by atoms with Crippen LogP contribution in [-0.4, -0.2) is 39.5 Å². The highest BCUT2D eigenvalue weighted by Gasteiger charge is 2.30. The Hall–Kier alpha value is -2.84. The third-order valence-electron chi connectivity index (χ3n) is 4.96. The molecule has 0 aromatic carbocycles. The molecule has 0 unspecified atom stereocenters. The van der Waals surface area contributed by atoms with Gasteiger partial charge >= 0.3 is 6.09 Å². The van der Waals surface area contributed by atoms with E-state index in [0.717, 1.165) is 31.4 Å². The van der Waals surface area contributed by atoms with Crippen LogP contribution in [0.1, 0.15) is 62.6 Å². The van der Waals surface area contributed by atoms with Gasteiger partial charge in [0.25, 0.3) is 0 Å². The molecule has 152 valence electrons. The van der Waals surface area contributed by atoms with E-state index in [1.807, 2.05) is 19.9 Å². The summed E-state index contributed by atoms with van der Waals surface area (Å²) in [7, 11) is 0. The molecule has 0 saturated heterocycles. The quantitative estimate of drug-likeness (QED) is 0.669. The van der Waals surface area contributed by atoms with Crippen molar-refractivity contribution in [3.8, 4) is 0 Å². The second-order valence-corrected chi connectivity index (χ2v) is 7.35. The molecule has 0 spiro atoms. The Morgan fingerprint density at radius 1 is 1.39 bits per heavy atom. The number of carbonyl (C=O) groups excluding carboxylic acids is 2. The molecule has 1 fully saturated rings. The predicted octanol–water partition coefficient (Wildman–Crippen LogP) is 3.05. The fourth-order valence-electron chi connectivity index (χ4n) is 3.28. The maximum Gasteiger partial charge on any atom is 0.407 e. The Labute approximate surface area is 163 Å². The SMILES string of the molecule is CC[C@H](C)NC(=O)O[C@@H]1CC[C@H](c2cc(NC(=O)Cc3cc(C)on3)n[nH]2)C1. The molecule has 2 amide bonds. The van der Waals surface area contributed by atoms with E-state index in [0.29, 0.717) is 17.3 Å². The van der Waals surface area contributed by atoms with Gasteiger partial charge in [-0.1, -0.05) is 12.1 Å². The number of anilines is 1. The molecule has 28 heavy (non-hydrogen) atoms. The summed E-state index contributed by atoms with van der Waals surface area (Å²) >= 11 is 0. The summed E-state index contributed by atoms with van der Waals surface area (Å²) in [5.41, 5.74) is 1.51. The molecule has 1 aliphatic rings. The van der Waals surface area contributed by atoms with Gasteiger partial charge in [0.2, 0.25) is 5.91 Å². The summed E-state index contributed by atoms with van der Waals surface area (Å²) < 4.78 is 10.5. The first-order chi connectivity index (χ1) is 13.4. The van der Waals surface area contributed by atoms with E-state index in [9.17, 15) is 9.59 Å². The second-order valence-electron chi connectivity index (χ2n) is 7.35. The van der Waals surface area contributed by atoms with Crippen molar-refractivity contribution in [3.63, 3.8) is 0 Å². The molecule has 0 bridgehead atoms. The number of H-pyrrole nitrogens is 1. The Balaban J connectivity index is 1.47. The molecule has 1 aliphatic carbocycles. The first-order valence-corrected chi connectivity index (χ1v) is 9.67. The van der Waals surface area contributed by atoms with E-state index < -0.39 is 0 Å². The lowest BCUT2D eigenvalue weighted by Crippen LogP contribution is -2.34. The number of amides is 2. The van der Waals surface area contributed by atoms with Crippen LogP contribution in [0, 0.1) is 6.92 Å². The summed E-state index contributed by atoms with van der Waals surface area (Å²) in [4.78, 5) is 24.0. The highest BCUT2D eigenvalue weighted by atomic mass is 16.6. The smallest absolute Gasteiger partial charge is 0.407 e. The van der Waals surface area contributed by atoms with Crippen molar-refractivity contribution in [1.29, 1.82) is 0 Å². The van der Waals surface area contributed by atoms with Gasteiger partial charge in [0, 0.05) is 29.8 Å². The Kier molecular flexibility index (Phi) is 6.33. The van der Waals surface area contributed by atoms with Crippen molar-refractivity contribution >= 4 is 17.8 Å². The minimum Gasteiger partial charge on any atom is -0.446 e. The number of carbonyl (C=O) groups is 2.